The van der Waals surface area contributed by atoms with E-state index in [9.17, 15) is 12.8 Å². The van der Waals surface area contributed by atoms with Crippen molar-refractivity contribution in [2.75, 3.05) is 25.2 Å². The van der Waals surface area contributed by atoms with Crippen molar-refractivity contribution in [1.82, 2.24) is 4.72 Å². The van der Waals surface area contributed by atoms with Crippen molar-refractivity contribution in [1.29, 1.82) is 0 Å². The van der Waals surface area contributed by atoms with E-state index in [2.05, 4.69) is 4.72 Å². The predicted molar refractivity (Wildman–Crippen MR) is 73.3 cm³/mol. The minimum absolute atomic E-state index is 0.0855. The van der Waals surface area contributed by atoms with Crippen molar-refractivity contribution < 1.29 is 17.5 Å². The van der Waals surface area contributed by atoms with Gasteiger partial charge in [0, 0.05) is 18.0 Å². The Morgan fingerprint density at radius 3 is 3.05 bits per heavy atom. The van der Waals surface area contributed by atoms with Crippen molar-refractivity contribution in [3.63, 3.8) is 0 Å². The highest BCUT2D eigenvalue weighted by atomic mass is 32.2. The van der Waals surface area contributed by atoms with Crippen LogP contribution in [0.15, 0.2) is 23.1 Å². The van der Waals surface area contributed by atoms with Crippen LogP contribution in [0, 0.1) is 5.82 Å². The highest BCUT2D eigenvalue weighted by molar-refractivity contribution is 7.99. The standard InChI is InChI=1S/C12H16FNO3S2/c1-17-5-7-19(15,16)14-11-4-6-18-12-3-2-9(13)8-10(11)12/h2-3,8,11,14H,4-7H2,1H3/t11-/m0/s1. The summed E-state index contributed by atoms with van der Waals surface area (Å²) in [6.07, 6.45) is 0.660. The van der Waals surface area contributed by atoms with Gasteiger partial charge in [0.2, 0.25) is 10.0 Å². The molecule has 7 heteroatoms. The molecule has 0 radical (unpaired) electrons. The van der Waals surface area contributed by atoms with E-state index in [4.69, 9.17) is 4.74 Å². The lowest BCUT2D eigenvalue weighted by Crippen LogP contribution is -2.33. The zero-order chi connectivity index (χ0) is 13.9. The molecule has 0 amide bonds. The lowest BCUT2D eigenvalue weighted by Gasteiger charge is -2.25. The van der Waals surface area contributed by atoms with E-state index in [1.165, 1.54) is 19.2 Å². The Labute approximate surface area is 116 Å². The van der Waals surface area contributed by atoms with Gasteiger partial charge < -0.3 is 4.74 Å². The van der Waals surface area contributed by atoms with E-state index < -0.39 is 10.0 Å². The van der Waals surface area contributed by atoms with Gasteiger partial charge in [-0.25, -0.2) is 17.5 Å². The predicted octanol–water partition coefficient (Wildman–Crippen LogP) is 1.93. The number of benzene rings is 1. The van der Waals surface area contributed by atoms with Crippen LogP contribution in [0.25, 0.3) is 0 Å². The summed E-state index contributed by atoms with van der Waals surface area (Å²) in [6.45, 7) is 0.146. The third-order valence-corrected chi connectivity index (χ3v) is 5.36. The topological polar surface area (TPSA) is 55.4 Å². The first kappa shape index (κ1) is 14.8. The molecule has 0 aliphatic carbocycles. The van der Waals surface area contributed by atoms with E-state index in [0.29, 0.717) is 6.42 Å². The molecule has 2 rings (SSSR count). The van der Waals surface area contributed by atoms with Gasteiger partial charge >= 0.3 is 0 Å². The highest BCUT2D eigenvalue weighted by Crippen LogP contribution is 2.36. The molecule has 4 nitrogen and oxygen atoms in total. The fourth-order valence-electron chi connectivity index (χ4n) is 1.96. The second-order valence-corrected chi connectivity index (χ2v) is 7.31. The third kappa shape index (κ3) is 3.92. The molecule has 0 saturated heterocycles. The molecule has 0 fully saturated rings. The SMILES string of the molecule is COCCS(=O)(=O)N[C@H]1CCSc2ccc(F)cc21. The van der Waals surface area contributed by atoms with Crippen LogP contribution in [0.2, 0.25) is 0 Å². The molecule has 1 aromatic carbocycles. The first-order chi connectivity index (χ1) is 9.02. The molecule has 0 spiro atoms. The molecule has 1 N–H and O–H groups in total. The summed E-state index contributed by atoms with van der Waals surface area (Å²) in [7, 11) is -1.95. The van der Waals surface area contributed by atoms with Gasteiger partial charge in [-0.15, -0.1) is 11.8 Å². The number of sulfonamides is 1. The number of thioether (sulfide) groups is 1. The van der Waals surface area contributed by atoms with Crippen LogP contribution in [-0.4, -0.2) is 33.6 Å². The maximum atomic E-state index is 13.3. The number of hydrogen-bond acceptors (Lipinski definition) is 4. The average molecular weight is 305 g/mol. The van der Waals surface area contributed by atoms with Gasteiger partial charge in [0.15, 0.2) is 0 Å². The summed E-state index contributed by atoms with van der Waals surface area (Å²) >= 11 is 1.62. The Hall–Kier alpha value is -0.630. The number of fused-ring (bicyclic) bond motifs is 1. The molecule has 0 unspecified atom stereocenters. The smallest absolute Gasteiger partial charge is 0.214 e. The third-order valence-electron chi connectivity index (χ3n) is 2.89. The van der Waals surface area contributed by atoms with Crippen molar-refractivity contribution in [3.05, 3.63) is 29.6 Å². The van der Waals surface area contributed by atoms with Crippen molar-refractivity contribution in [2.45, 2.75) is 17.4 Å². The molecule has 106 valence electrons. The molecular formula is C12H16FNO3S2. The van der Waals surface area contributed by atoms with Crippen LogP contribution < -0.4 is 4.72 Å². The van der Waals surface area contributed by atoms with E-state index in [0.717, 1.165) is 16.2 Å². The highest BCUT2D eigenvalue weighted by Gasteiger charge is 2.25. The van der Waals surface area contributed by atoms with E-state index in [1.54, 1.807) is 17.8 Å². The summed E-state index contributed by atoms with van der Waals surface area (Å²) in [6, 6.07) is 4.15. The van der Waals surface area contributed by atoms with Gasteiger partial charge in [0.1, 0.15) is 5.82 Å². The van der Waals surface area contributed by atoms with Crippen molar-refractivity contribution in [3.8, 4) is 0 Å². The van der Waals surface area contributed by atoms with Crippen LogP contribution in [0.5, 0.6) is 0 Å². The van der Waals surface area contributed by atoms with Gasteiger partial charge in [-0.3, -0.25) is 0 Å². The van der Waals surface area contributed by atoms with Gasteiger partial charge in [-0.1, -0.05) is 0 Å². The monoisotopic (exact) mass is 305 g/mol. The summed E-state index contributed by atoms with van der Waals surface area (Å²) < 4.78 is 44.4. The number of halogens is 1. The fraction of sp³-hybridized carbons (Fsp3) is 0.500. The Balaban J connectivity index is 2.17. The maximum Gasteiger partial charge on any atom is 0.214 e. The van der Waals surface area contributed by atoms with Gasteiger partial charge in [-0.2, -0.15) is 0 Å². The van der Waals surface area contributed by atoms with Gasteiger partial charge in [-0.05, 0) is 35.9 Å². The van der Waals surface area contributed by atoms with Crippen LogP contribution in [0.4, 0.5) is 4.39 Å². The van der Waals surface area contributed by atoms with Crippen LogP contribution in [-0.2, 0) is 14.8 Å². The zero-order valence-electron chi connectivity index (χ0n) is 10.6. The molecule has 0 saturated carbocycles. The quantitative estimate of drug-likeness (QED) is 0.903. The minimum atomic E-state index is -3.41. The molecule has 1 aliphatic rings. The molecule has 0 bridgehead atoms. The van der Waals surface area contributed by atoms with Crippen molar-refractivity contribution >= 4 is 21.8 Å². The summed E-state index contributed by atoms with van der Waals surface area (Å²) in [5, 5.41) is 0. The molecule has 19 heavy (non-hydrogen) atoms. The second-order valence-electron chi connectivity index (χ2n) is 4.30. The number of rotatable bonds is 5. The summed E-state index contributed by atoms with van der Waals surface area (Å²) in [5.41, 5.74) is 0.720. The van der Waals surface area contributed by atoms with Crippen LogP contribution in [0.3, 0.4) is 0 Å². The molecular weight excluding hydrogens is 289 g/mol. The Morgan fingerprint density at radius 1 is 1.53 bits per heavy atom. The summed E-state index contributed by atoms with van der Waals surface area (Å²) in [4.78, 5) is 0.937. The van der Waals surface area contributed by atoms with Gasteiger partial charge in [0.05, 0.1) is 12.4 Å². The fourth-order valence-corrected chi connectivity index (χ4v) is 4.24. The van der Waals surface area contributed by atoms with Gasteiger partial charge in [0.25, 0.3) is 0 Å². The maximum absolute atomic E-state index is 13.3. The zero-order valence-corrected chi connectivity index (χ0v) is 12.2. The number of hydrogen-bond donors (Lipinski definition) is 1. The Bertz CT molecular complexity index is 548. The average Bonchev–Trinajstić information content (AvgIpc) is 2.37. The minimum Gasteiger partial charge on any atom is -0.384 e. The largest absolute Gasteiger partial charge is 0.384 e. The number of nitrogens with one attached hydrogen (secondary N) is 1. The first-order valence-electron chi connectivity index (χ1n) is 5.93. The van der Waals surface area contributed by atoms with Crippen LogP contribution in [0.1, 0.15) is 18.0 Å². The number of ether oxygens (including phenoxy) is 1. The number of methoxy groups -OCH3 is 1. The molecule has 1 atom stereocenters. The van der Waals surface area contributed by atoms with Crippen LogP contribution >= 0.6 is 11.8 Å². The van der Waals surface area contributed by atoms with E-state index >= 15 is 0 Å². The Kier molecular flexibility index (Phi) is 4.83. The molecule has 1 heterocycles. The molecule has 0 aromatic heterocycles. The molecule has 1 aromatic rings. The lowest BCUT2D eigenvalue weighted by atomic mass is 10.0. The lowest BCUT2D eigenvalue weighted by molar-refractivity contribution is 0.216. The first-order valence-corrected chi connectivity index (χ1v) is 8.57. The molecule has 1 aliphatic heterocycles. The van der Waals surface area contributed by atoms with E-state index in [-0.39, 0.29) is 24.2 Å². The van der Waals surface area contributed by atoms with E-state index in [1.807, 2.05) is 0 Å². The van der Waals surface area contributed by atoms with Crippen molar-refractivity contribution in [2.24, 2.45) is 0 Å². The second kappa shape index (κ2) is 6.21. The summed E-state index contributed by atoms with van der Waals surface area (Å²) in [5.74, 6) is 0.385. The Morgan fingerprint density at radius 2 is 2.32 bits per heavy atom. The normalized spacial score (nSPS) is 19.2.